The van der Waals surface area contributed by atoms with Crippen LogP contribution in [0.5, 0.6) is 11.5 Å². The standard InChI is InChI=1S/C22H27N5O3/c1-28-13-12-27-22(23-24-25-27)21(19-9-8-18(29-2)14-20(19)30-3)26-11-10-16-6-4-5-7-17(16)15-26/h4-9,14,21H,10-13,15H2,1-3H3/t21-/m1/s1. The molecule has 0 unspecified atom stereocenters. The molecule has 2 heterocycles. The zero-order valence-corrected chi connectivity index (χ0v) is 17.6. The van der Waals surface area contributed by atoms with Crippen molar-refractivity contribution in [3.05, 3.63) is 65.0 Å². The number of hydrogen-bond donors (Lipinski definition) is 0. The van der Waals surface area contributed by atoms with E-state index >= 15 is 0 Å². The van der Waals surface area contributed by atoms with E-state index in [1.807, 2.05) is 22.9 Å². The molecule has 8 heteroatoms. The lowest BCUT2D eigenvalue weighted by molar-refractivity contribution is 0.168. The summed E-state index contributed by atoms with van der Waals surface area (Å²) in [5.74, 6) is 2.27. The van der Waals surface area contributed by atoms with E-state index in [1.54, 1.807) is 21.3 Å². The molecule has 0 saturated heterocycles. The predicted molar refractivity (Wildman–Crippen MR) is 112 cm³/mol. The third-order valence-corrected chi connectivity index (χ3v) is 5.57. The molecule has 30 heavy (non-hydrogen) atoms. The van der Waals surface area contributed by atoms with Crippen molar-refractivity contribution in [3.63, 3.8) is 0 Å². The lowest BCUT2D eigenvalue weighted by Gasteiger charge is -2.35. The minimum atomic E-state index is -0.161. The quantitative estimate of drug-likeness (QED) is 0.566. The molecule has 2 aromatic carbocycles. The Labute approximate surface area is 176 Å². The molecule has 0 spiro atoms. The second kappa shape index (κ2) is 9.23. The lowest BCUT2D eigenvalue weighted by Crippen LogP contribution is -2.36. The fourth-order valence-corrected chi connectivity index (χ4v) is 4.03. The number of ether oxygens (including phenoxy) is 3. The Morgan fingerprint density at radius 2 is 1.87 bits per heavy atom. The first-order chi connectivity index (χ1) is 14.7. The van der Waals surface area contributed by atoms with Gasteiger partial charge in [-0.05, 0) is 40.1 Å². The van der Waals surface area contributed by atoms with Crippen LogP contribution in [0.25, 0.3) is 0 Å². The normalized spacial score (nSPS) is 14.9. The summed E-state index contributed by atoms with van der Waals surface area (Å²) in [6, 6.07) is 14.3. The zero-order chi connectivity index (χ0) is 20.9. The second-order valence-corrected chi connectivity index (χ2v) is 7.25. The summed E-state index contributed by atoms with van der Waals surface area (Å²) in [7, 11) is 5.00. The molecular formula is C22H27N5O3. The van der Waals surface area contributed by atoms with Crippen molar-refractivity contribution < 1.29 is 14.2 Å². The summed E-state index contributed by atoms with van der Waals surface area (Å²) in [6.07, 6.45) is 0.977. The number of hydrogen-bond acceptors (Lipinski definition) is 7. The minimum absolute atomic E-state index is 0.161. The van der Waals surface area contributed by atoms with Gasteiger partial charge in [0.2, 0.25) is 0 Å². The van der Waals surface area contributed by atoms with Crippen LogP contribution in [0.4, 0.5) is 0 Å². The van der Waals surface area contributed by atoms with Gasteiger partial charge in [-0.3, -0.25) is 4.90 Å². The maximum Gasteiger partial charge on any atom is 0.173 e. The molecule has 0 saturated carbocycles. The molecule has 3 aromatic rings. The summed E-state index contributed by atoms with van der Waals surface area (Å²) >= 11 is 0. The van der Waals surface area contributed by atoms with Gasteiger partial charge < -0.3 is 14.2 Å². The number of aromatic nitrogens is 4. The van der Waals surface area contributed by atoms with Crippen LogP contribution in [0, 0.1) is 0 Å². The van der Waals surface area contributed by atoms with E-state index in [0.717, 1.165) is 42.4 Å². The molecule has 158 valence electrons. The number of tetrazole rings is 1. The van der Waals surface area contributed by atoms with Crippen LogP contribution in [0.3, 0.4) is 0 Å². The van der Waals surface area contributed by atoms with E-state index in [2.05, 4.69) is 44.7 Å². The average Bonchev–Trinajstić information content (AvgIpc) is 3.26. The van der Waals surface area contributed by atoms with Gasteiger partial charge in [0.1, 0.15) is 17.5 Å². The van der Waals surface area contributed by atoms with Gasteiger partial charge in [0.25, 0.3) is 0 Å². The van der Waals surface area contributed by atoms with E-state index in [-0.39, 0.29) is 6.04 Å². The van der Waals surface area contributed by atoms with Gasteiger partial charge in [0.15, 0.2) is 5.82 Å². The molecule has 0 radical (unpaired) electrons. The summed E-state index contributed by atoms with van der Waals surface area (Å²) in [5, 5.41) is 12.6. The minimum Gasteiger partial charge on any atom is -0.497 e. The van der Waals surface area contributed by atoms with E-state index in [0.29, 0.717) is 13.2 Å². The first kappa shape index (κ1) is 20.3. The van der Waals surface area contributed by atoms with Crippen molar-refractivity contribution in [2.75, 3.05) is 34.5 Å². The molecule has 0 bridgehead atoms. The van der Waals surface area contributed by atoms with Crippen molar-refractivity contribution in [2.45, 2.75) is 25.6 Å². The summed E-state index contributed by atoms with van der Waals surface area (Å²) < 4.78 is 18.2. The van der Waals surface area contributed by atoms with Crippen LogP contribution in [0.2, 0.25) is 0 Å². The number of fused-ring (bicyclic) bond motifs is 1. The molecule has 1 aliphatic heterocycles. The zero-order valence-electron chi connectivity index (χ0n) is 17.6. The number of rotatable bonds is 8. The largest absolute Gasteiger partial charge is 0.497 e. The Morgan fingerprint density at radius 3 is 2.63 bits per heavy atom. The fourth-order valence-electron chi connectivity index (χ4n) is 4.03. The second-order valence-electron chi connectivity index (χ2n) is 7.25. The summed E-state index contributed by atoms with van der Waals surface area (Å²) in [6.45, 7) is 2.83. The van der Waals surface area contributed by atoms with Gasteiger partial charge in [-0.2, -0.15) is 0 Å². The molecule has 0 N–H and O–H groups in total. The third-order valence-electron chi connectivity index (χ3n) is 5.57. The van der Waals surface area contributed by atoms with Crippen LogP contribution < -0.4 is 9.47 Å². The van der Waals surface area contributed by atoms with Gasteiger partial charge in [-0.15, -0.1) is 5.10 Å². The average molecular weight is 409 g/mol. The maximum atomic E-state index is 5.74. The number of methoxy groups -OCH3 is 3. The highest BCUT2D eigenvalue weighted by Crippen LogP contribution is 2.38. The third kappa shape index (κ3) is 4.01. The molecule has 1 aromatic heterocycles. The Kier molecular flexibility index (Phi) is 6.25. The molecular weight excluding hydrogens is 382 g/mol. The topological polar surface area (TPSA) is 74.5 Å². The van der Waals surface area contributed by atoms with Crippen molar-refractivity contribution >= 4 is 0 Å². The monoisotopic (exact) mass is 409 g/mol. The van der Waals surface area contributed by atoms with Crippen LogP contribution in [-0.4, -0.2) is 59.6 Å². The van der Waals surface area contributed by atoms with E-state index in [1.165, 1.54) is 11.1 Å². The SMILES string of the molecule is COCCn1nnnc1[C@@H](c1ccc(OC)cc1OC)N1CCc2ccccc2C1. The first-order valence-corrected chi connectivity index (χ1v) is 10.0. The predicted octanol–water partition coefficient (Wildman–Crippen LogP) is 2.48. The lowest BCUT2D eigenvalue weighted by atomic mass is 9.95. The van der Waals surface area contributed by atoms with Crippen LogP contribution in [-0.2, 0) is 24.2 Å². The molecule has 1 aliphatic rings. The van der Waals surface area contributed by atoms with Gasteiger partial charge in [0.05, 0.1) is 27.4 Å². The van der Waals surface area contributed by atoms with Crippen LogP contribution >= 0.6 is 0 Å². The van der Waals surface area contributed by atoms with Gasteiger partial charge in [-0.1, -0.05) is 24.3 Å². The van der Waals surface area contributed by atoms with E-state index in [4.69, 9.17) is 14.2 Å². The van der Waals surface area contributed by atoms with Gasteiger partial charge >= 0.3 is 0 Å². The highest BCUT2D eigenvalue weighted by atomic mass is 16.5. The first-order valence-electron chi connectivity index (χ1n) is 10.0. The maximum absolute atomic E-state index is 5.74. The molecule has 8 nitrogen and oxygen atoms in total. The molecule has 0 fully saturated rings. The van der Waals surface area contributed by atoms with Crippen molar-refractivity contribution in [1.82, 2.24) is 25.1 Å². The highest BCUT2D eigenvalue weighted by molar-refractivity contribution is 5.45. The van der Waals surface area contributed by atoms with Crippen LogP contribution in [0.1, 0.15) is 28.6 Å². The van der Waals surface area contributed by atoms with E-state index < -0.39 is 0 Å². The summed E-state index contributed by atoms with van der Waals surface area (Å²) in [5.41, 5.74) is 3.73. The van der Waals surface area contributed by atoms with Gasteiger partial charge in [-0.25, -0.2) is 4.68 Å². The van der Waals surface area contributed by atoms with Crippen LogP contribution in [0.15, 0.2) is 42.5 Å². The molecule has 1 atom stereocenters. The van der Waals surface area contributed by atoms with Crippen molar-refractivity contribution in [1.29, 1.82) is 0 Å². The number of nitrogens with zero attached hydrogens (tertiary/aromatic N) is 5. The Balaban J connectivity index is 1.78. The summed E-state index contributed by atoms with van der Waals surface area (Å²) in [4.78, 5) is 2.40. The molecule has 0 amide bonds. The number of benzene rings is 2. The Bertz CT molecular complexity index is 990. The highest BCUT2D eigenvalue weighted by Gasteiger charge is 2.32. The Hall–Kier alpha value is -2.97. The smallest absolute Gasteiger partial charge is 0.173 e. The van der Waals surface area contributed by atoms with Gasteiger partial charge in [0, 0.05) is 31.8 Å². The van der Waals surface area contributed by atoms with Crippen molar-refractivity contribution in [2.24, 2.45) is 0 Å². The molecule has 4 rings (SSSR count). The fraction of sp³-hybridized carbons (Fsp3) is 0.409. The van der Waals surface area contributed by atoms with E-state index in [9.17, 15) is 0 Å². The Morgan fingerprint density at radius 1 is 1.03 bits per heavy atom. The molecule has 0 aliphatic carbocycles. The van der Waals surface area contributed by atoms with Crippen molar-refractivity contribution in [3.8, 4) is 11.5 Å².